The maximum Gasteiger partial charge on any atom is 0.141 e. The third-order valence-electron chi connectivity index (χ3n) is 3.49. The summed E-state index contributed by atoms with van der Waals surface area (Å²) in [5.41, 5.74) is 1.54. The summed E-state index contributed by atoms with van der Waals surface area (Å²) in [4.78, 5) is 6.75. The normalized spacial score (nSPS) is 11.1. The van der Waals surface area contributed by atoms with Gasteiger partial charge in [-0.05, 0) is 24.3 Å². The van der Waals surface area contributed by atoms with Gasteiger partial charge in [-0.1, -0.05) is 24.3 Å². The molecule has 0 fully saturated rings. The molecule has 3 aromatic rings. The average Bonchev–Trinajstić information content (AvgIpc) is 3.01. The fourth-order valence-corrected chi connectivity index (χ4v) is 2.48. The second kappa shape index (κ2) is 6.45. The molecule has 2 heterocycles. The number of furan rings is 1. The summed E-state index contributed by atoms with van der Waals surface area (Å²) < 4.78 is 5.40. The number of para-hydroxylation sites is 1. The van der Waals surface area contributed by atoms with Crippen LogP contribution in [0.3, 0.4) is 0 Å². The zero-order valence-corrected chi connectivity index (χ0v) is 12.3. The Balaban J connectivity index is 1.82. The zero-order chi connectivity index (χ0) is 15.4. The van der Waals surface area contributed by atoms with Crippen molar-refractivity contribution < 1.29 is 9.52 Å². The second-order valence-corrected chi connectivity index (χ2v) is 5.19. The highest BCUT2D eigenvalue weighted by Gasteiger charge is 2.10. The van der Waals surface area contributed by atoms with Crippen molar-refractivity contribution in [3.8, 4) is 5.75 Å². The zero-order valence-electron chi connectivity index (χ0n) is 12.3. The van der Waals surface area contributed by atoms with E-state index < -0.39 is 0 Å². The van der Waals surface area contributed by atoms with Crippen LogP contribution < -0.4 is 0 Å². The molecule has 0 spiro atoms. The number of fused-ring (bicyclic) bond motifs is 1. The molecule has 0 saturated carbocycles. The molecule has 1 aromatic carbocycles. The standard InChI is InChI=1S/C18H18N2O2/c1-2-10-20(13-16-6-4-11-22-16)12-15-9-8-14-5-3-7-17(21)18(14)19-15/h2-9,11,21H,1,10,12-13H2. The average molecular weight is 294 g/mol. The van der Waals surface area contributed by atoms with Gasteiger partial charge in [0, 0.05) is 18.5 Å². The number of aromatic hydroxyl groups is 1. The number of aromatic nitrogens is 1. The lowest BCUT2D eigenvalue weighted by Crippen LogP contribution is -2.23. The number of rotatable bonds is 6. The van der Waals surface area contributed by atoms with Crippen molar-refractivity contribution in [3.63, 3.8) is 0 Å². The molecule has 0 unspecified atom stereocenters. The Labute approximate surface area is 129 Å². The molecule has 22 heavy (non-hydrogen) atoms. The molecule has 3 rings (SSSR count). The highest BCUT2D eigenvalue weighted by Crippen LogP contribution is 2.23. The van der Waals surface area contributed by atoms with Gasteiger partial charge in [0.1, 0.15) is 17.0 Å². The molecule has 0 aliphatic carbocycles. The van der Waals surface area contributed by atoms with Crippen LogP contribution >= 0.6 is 0 Å². The van der Waals surface area contributed by atoms with Crippen molar-refractivity contribution >= 4 is 10.9 Å². The highest BCUT2D eigenvalue weighted by molar-refractivity contribution is 5.84. The number of benzene rings is 1. The van der Waals surface area contributed by atoms with Crippen LogP contribution in [0, 0.1) is 0 Å². The van der Waals surface area contributed by atoms with Crippen molar-refractivity contribution in [2.24, 2.45) is 0 Å². The lowest BCUT2D eigenvalue weighted by Gasteiger charge is -2.19. The molecular formula is C18H18N2O2. The van der Waals surface area contributed by atoms with Gasteiger partial charge in [-0.3, -0.25) is 4.90 Å². The second-order valence-electron chi connectivity index (χ2n) is 5.19. The van der Waals surface area contributed by atoms with Crippen molar-refractivity contribution in [1.82, 2.24) is 9.88 Å². The van der Waals surface area contributed by atoms with Crippen LogP contribution in [-0.2, 0) is 13.1 Å². The fraction of sp³-hybridized carbons (Fsp3) is 0.167. The van der Waals surface area contributed by atoms with Crippen LogP contribution in [0.2, 0.25) is 0 Å². The van der Waals surface area contributed by atoms with E-state index in [1.54, 1.807) is 12.3 Å². The summed E-state index contributed by atoms with van der Waals surface area (Å²) in [5.74, 6) is 1.12. The van der Waals surface area contributed by atoms with Gasteiger partial charge < -0.3 is 9.52 Å². The van der Waals surface area contributed by atoms with E-state index in [9.17, 15) is 5.11 Å². The Morgan fingerprint density at radius 2 is 2.05 bits per heavy atom. The van der Waals surface area contributed by atoms with Gasteiger partial charge in [0.05, 0.1) is 18.5 Å². The number of nitrogens with zero attached hydrogens (tertiary/aromatic N) is 2. The molecule has 4 nitrogen and oxygen atoms in total. The molecular weight excluding hydrogens is 276 g/mol. The van der Waals surface area contributed by atoms with E-state index in [0.29, 0.717) is 18.6 Å². The first-order valence-corrected chi connectivity index (χ1v) is 7.19. The van der Waals surface area contributed by atoms with Crippen molar-refractivity contribution in [2.75, 3.05) is 6.54 Å². The van der Waals surface area contributed by atoms with Crippen molar-refractivity contribution in [3.05, 3.63) is 72.8 Å². The SMILES string of the molecule is C=CCN(Cc1ccc2cccc(O)c2n1)Cc1ccco1. The van der Waals surface area contributed by atoms with Crippen LogP contribution in [0.1, 0.15) is 11.5 Å². The van der Waals surface area contributed by atoms with Crippen molar-refractivity contribution in [2.45, 2.75) is 13.1 Å². The molecule has 1 N–H and O–H groups in total. The first-order valence-electron chi connectivity index (χ1n) is 7.19. The minimum absolute atomic E-state index is 0.209. The molecule has 0 atom stereocenters. The van der Waals surface area contributed by atoms with Gasteiger partial charge in [-0.25, -0.2) is 4.98 Å². The van der Waals surface area contributed by atoms with E-state index in [1.807, 2.05) is 42.5 Å². The molecule has 2 aromatic heterocycles. The minimum atomic E-state index is 0.209. The third kappa shape index (κ3) is 3.18. The first-order chi connectivity index (χ1) is 10.8. The third-order valence-corrected chi connectivity index (χ3v) is 3.49. The number of pyridine rings is 1. The van der Waals surface area contributed by atoms with E-state index in [4.69, 9.17) is 4.42 Å². The van der Waals surface area contributed by atoms with Crippen LogP contribution in [0.4, 0.5) is 0 Å². The van der Waals surface area contributed by atoms with Crippen LogP contribution in [0.15, 0.2) is 65.8 Å². The number of phenols is 1. The predicted molar refractivity (Wildman–Crippen MR) is 86.4 cm³/mol. The van der Waals surface area contributed by atoms with Crippen LogP contribution in [0.25, 0.3) is 10.9 Å². The van der Waals surface area contributed by atoms with Crippen molar-refractivity contribution in [1.29, 1.82) is 0 Å². The van der Waals surface area contributed by atoms with E-state index in [-0.39, 0.29) is 5.75 Å². The molecule has 0 radical (unpaired) electrons. The molecule has 4 heteroatoms. The summed E-state index contributed by atoms with van der Waals surface area (Å²) >= 11 is 0. The van der Waals surface area contributed by atoms with Gasteiger partial charge in [0.15, 0.2) is 0 Å². The lowest BCUT2D eigenvalue weighted by molar-refractivity contribution is 0.257. The predicted octanol–water partition coefficient (Wildman–Crippen LogP) is 3.72. The van der Waals surface area contributed by atoms with Gasteiger partial charge in [0.25, 0.3) is 0 Å². The van der Waals surface area contributed by atoms with Gasteiger partial charge in [-0.2, -0.15) is 0 Å². The van der Waals surface area contributed by atoms with E-state index in [0.717, 1.165) is 23.4 Å². The monoisotopic (exact) mass is 294 g/mol. The largest absolute Gasteiger partial charge is 0.506 e. The molecule has 0 aliphatic heterocycles. The molecule has 112 valence electrons. The lowest BCUT2D eigenvalue weighted by atomic mass is 10.2. The number of hydrogen-bond acceptors (Lipinski definition) is 4. The highest BCUT2D eigenvalue weighted by atomic mass is 16.3. The molecule has 0 bridgehead atoms. The number of hydrogen-bond donors (Lipinski definition) is 1. The Kier molecular flexibility index (Phi) is 4.21. The maximum absolute atomic E-state index is 9.93. The van der Waals surface area contributed by atoms with E-state index in [2.05, 4.69) is 16.5 Å². The quantitative estimate of drug-likeness (QED) is 0.704. The molecule has 0 saturated heterocycles. The summed E-state index contributed by atoms with van der Waals surface area (Å²) in [7, 11) is 0. The van der Waals surface area contributed by atoms with Gasteiger partial charge in [-0.15, -0.1) is 6.58 Å². The van der Waals surface area contributed by atoms with Crippen LogP contribution in [-0.4, -0.2) is 21.5 Å². The minimum Gasteiger partial charge on any atom is -0.506 e. The summed E-state index contributed by atoms with van der Waals surface area (Å²) in [6.07, 6.45) is 3.54. The van der Waals surface area contributed by atoms with Gasteiger partial charge >= 0.3 is 0 Å². The fourth-order valence-electron chi connectivity index (χ4n) is 2.48. The first kappa shape index (κ1) is 14.4. The van der Waals surface area contributed by atoms with E-state index in [1.165, 1.54) is 0 Å². The Morgan fingerprint density at radius 1 is 1.14 bits per heavy atom. The van der Waals surface area contributed by atoms with Gasteiger partial charge in [0.2, 0.25) is 0 Å². The summed E-state index contributed by atoms with van der Waals surface area (Å²) in [5, 5.41) is 10.9. The van der Waals surface area contributed by atoms with Crippen LogP contribution in [0.5, 0.6) is 5.75 Å². The Hall–Kier alpha value is -2.59. The molecule has 0 aliphatic rings. The Morgan fingerprint density at radius 3 is 2.82 bits per heavy atom. The number of phenolic OH excluding ortho intramolecular Hbond substituents is 1. The summed E-state index contributed by atoms with van der Waals surface area (Å²) in [6, 6.07) is 13.2. The maximum atomic E-state index is 9.93. The van der Waals surface area contributed by atoms with E-state index >= 15 is 0 Å². The smallest absolute Gasteiger partial charge is 0.141 e. The Bertz CT molecular complexity index is 766. The topological polar surface area (TPSA) is 49.5 Å². The molecule has 0 amide bonds. The summed E-state index contributed by atoms with van der Waals surface area (Å²) in [6.45, 7) is 5.90.